The summed E-state index contributed by atoms with van der Waals surface area (Å²) in [6.07, 6.45) is -4.63. The van der Waals surface area contributed by atoms with E-state index in [9.17, 15) is 18.0 Å². The van der Waals surface area contributed by atoms with Crippen LogP contribution in [0, 0.1) is 0 Å². The highest BCUT2D eigenvalue weighted by atomic mass is 19.4. The molecule has 1 aliphatic rings. The molecule has 5 rings (SSSR count). The lowest BCUT2D eigenvalue weighted by Crippen LogP contribution is -2.49. The Morgan fingerprint density at radius 2 is 1.50 bits per heavy atom. The van der Waals surface area contributed by atoms with E-state index in [1.54, 1.807) is 34.1 Å². The van der Waals surface area contributed by atoms with E-state index in [1.165, 1.54) is 0 Å². The van der Waals surface area contributed by atoms with Gasteiger partial charge in [-0.25, -0.2) is 9.97 Å². The summed E-state index contributed by atoms with van der Waals surface area (Å²) < 4.78 is 40.0. The topological polar surface area (TPSA) is 49.3 Å². The first-order valence-corrected chi connectivity index (χ1v) is 10.3. The molecule has 1 aliphatic heterocycles. The highest BCUT2D eigenvalue weighted by Crippen LogP contribution is 2.32. The van der Waals surface area contributed by atoms with Gasteiger partial charge in [-0.1, -0.05) is 42.5 Å². The lowest BCUT2D eigenvalue weighted by molar-refractivity contribution is -0.144. The smallest absolute Gasteiger partial charge is 0.352 e. The highest BCUT2D eigenvalue weighted by molar-refractivity contribution is 5.98. The van der Waals surface area contributed by atoms with Crippen LogP contribution in [0.4, 0.5) is 19.0 Å². The lowest BCUT2D eigenvalue weighted by Gasteiger charge is -2.36. The van der Waals surface area contributed by atoms with Gasteiger partial charge in [-0.15, -0.1) is 0 Å². The molecule has 1 amide bonds. The number of alkyl halides is 3. The Morgan fingerprint density at radius 3 is 2.25 bits per heavy atom. The van der Waals surface area contributed by atoms with Gasteiger partial charge in [0, 0.05) is 37.1 Å². The average Bonchev–Trinajstić information content (AvgIpc) is 2.82. The van der Waals surface area contributed by atoms with E-state index < -0.39 is 12.0 Å². The maximum absolute atomic E-state index is 13.3. The molecule has 0 radical (unpaired) electrons. The first kappa shape index (κ1) is 20.2. The molecular weight excluding hydrogens is 417 g/mol. The molecule has 0 N–H and O–H groups in total. The number of hydrogen-bond donors (Lipinski definition) is 0. The minimum atomic E-state index is -4.63. The summed E-state index contributed by atoms with van der Waals surface area (Å²) in [7, 11) is 0. The van der Waals surface area contributed by atoms with Crippen LogP contribution in [0.1, 0.15) is 16.2 Å². The number of piperazine rings is 1. The van der Waals surface area contributed by atoms with Crippen LogP contribution in [0.15, 0.2) is 66.7 Å². The average molecular weight is 436 g/mol. The standard InChI is InChI=1S/C24H19F3N4O/c25-24(26,27)23-28-20-8-4-3-7-19(20)21(29-23)30-11-13-31(14-12-30)22(32)18-10-9-16-5-1-2-6-17(16)15-18/h1-10,15H,11-14H2. The normalized spacial score (nSPS) is 14.8. The largest absolute Gasteiger partial charge is 0.451 e. The first-order chi connectivity index (χ1) is 15.4. The van der Waals surface area contributed by atoms with E-state index in [2.05, 4.69) is 9.97 Å². The summed E-state index contributed by atoms with van der Waals surface area (Å²) in [6, 6.07) is 20.1. The number of hydrogen-bond acceptors (Lipinski definition) is 4. The maximum Gasteiger partial charge on any atom is 0.451 e. The summed E-state index contributed by atoms with van der Waals surface area (Å²) in [5.41, 5.74) is 0.850. The van der Waals surface area contributed by atoms with Gasteiger partial charge in [0.05, 0.1) is 5.52 Å². The Balaban J connectivity index is 1.38. The van der Waals surface area contributed by atoms with E-state index in [-0.39, 0.29) is 17.2 Å². The number of nitrogens with zero attached hydrogens (tertiary/aromatic N) is 4. The van der Waals surface area contributed by atoms with E-state index in [0.717, 1.165) is 10.8 Å². The SMILES string of the molecule is O=C(c1ccc2ccccc2c1)N1CCN(c2nc(C(F)(F)F)nc3ccccc23)CC1. The molecule has 2 heterocycles. The van der Waals surface area contributed by atoms with Crippen molar-refractivity contribution in [3.63, 3.8) is 0 Å². The molecule has 162 valence electrons. The third kappa shape index (κ3) is 3.72. The molecular formula is C24H19F3N4O. The van der Waals surface area contributed by atoms with Crippen molar-refractivity contribution in [2.75, 3.05) is 31.1 Å². The van der Waals surface area contributed by atoms with Gasteiger partial charge in [0.25, 0.3) is 5.91 Å². The van der Waals surface area contributed by atoms with Gasteiger partial charge in [0.1, 0.15) is 5.82 Å². The van der Waals surface area contributed by atoms with E-state index in [4.69, 9.17) is 0 Å². The molecule has 0 atom stereocenters. The Bertz CT molecular complexity index is 1310. The fraction of sp³-hybridized carbons (Fsp3) is 0.208. The molecule has 0 unspecified atom stereocenters. The molecule has 0 spiro atoms. The van der Waals surface area contributed by atoms with Gasteiger partial charge in [-0.05, 0) is 35.0 Å². The van der Waals surface area contributed by atoms with Crippen molar-refractivity contribution >= 4 is 33.4 Å². The predicted octanol–water partition coefficient (Wildman–Crippen LogP) is 4.76. The van der Waals surface area contributed by atoms with Crippen LogP contribution < -0.4 is 4.90 Å². The second kappa shape index (κ2) is 7.78. The first-order valence-electron chi connectivity index (χ1n) is 10.3. The fourth-order valence-corrected chi connectivity index (χ4v) is 4.05. The van der Waals surface area contributed by atoms with E-state index in [1.807, 2.05) is 42.5 Å². The molecule has 3 aromatic carbocycles. The number of anilines is 1. The molecule has 0 bridgehead atoms. The van der Waals surface area contributed by atoms with Crippen molar-refractivity contribution < 1.29 is 18.0 Å². The molecule has 0 aliphatic carbocycles. The summed E-state index contributed by atoms with van der Waals surface area (Å²) in [5.74, 6) is -0.986. The van der Waals surface area contributed by atoms with Gasteiger partial charge < -0.3 is 9.80 Å². The Morgan fingerprint density at radius 1 is 0.812 bits per heavy atom. The number of amides is 1. The van der Waals surface area contributed by atoms with Gasteiger partial charge in [0.2, 0.25) is 5.82 Å². The van der Waals surface area contributed by atoms with E-state index >= 15 is 0 Å². The Labute approximate surface area is 182 Å². The van der Waals surface area contributed by atoms with E-state index in [0.29, 0.717) is 37.1 Å². The number of halogens is 3. The van der Waals surface area contributed by atoms with Crippen LogP contribution in [0.25, 0.3) is 21.7 Å². The van der Waals surface area contributed by atoms with Crippen molar-refractivity contribution in [3.8, 4) is 0 Å². The molecule has 4 aromatic rings. The Hall–Kier alpha value is -3.68. The molecule has 1 saturated heterocycles. The monoisotopic (exact) mass is 436 g/mol. The number of carbonyl (C=O) groups excluding carboxylic acids is 1. The quantitative estimate of drug-likeness (QED) is 0.455. The van der Waals surface area contributed by atoms with Crippen LogP contribution in [-0.2, 0) is 6.18 Å². The molecule has 5 nitrogen and oxygen atoms in total. The number of para-hydroxylation sites is 1. The molecule has 1 fully saturated rings. The van der Waals surface area contributed by atoms with Gasteiger partial charge >= 0.3 is 6.18 Å². The molecule has 0 saturated carbocycles. The summed E-state index contributed by atoms with van der Waals surface area (Å²) >= 11 is 0. The summed E-state index contributed by atoms with van der Waals surface area (Å²) in [4.78, 5) is 24.1. The molecule has 8 heteroatoms. The Kier molecular flexibility index (Phi) is 4.92. The van der Waals surface area contributed by atoms with Gasteiger partial charge in [-0.3, -0.25) is 4.79 Å². The van der Waals surface area contributed by atoms with Gasteiger partial charge in [0.15, 0.2) is 0 Å². The minimum absolute atomic E-state index is 0.0843. The zero-order valence-corrected chi connectivity index (χ0v) is 17.0. The van der Waals surface area contributed by atoms with Crippen molar-refractivity contribution in [1.82, 2.24) is 14.9 Å². The maximum atomic E-state index is 13.3. The van der Waals surface area contributed by atoms with Crippen LogP contribution in [0.2, 0.25) is 0 Å². The van der Waals surface area contributed by atoms with Crippen molar-refractivity contribution in [2.24, 2.45) is 0 Å². The van der Waals surface area contributed by atoms with Crippen LogP contribution in [0.3, 0.4) is 0 Å². The van der Waals surface area contributed by atoms with Crippen LogP contribution >= 0.6 is 0 Å². The van der Waals surface area contributed by atoms with Crippen molar-refractivity contribution in [1.29, 1.82) is 0 Å². The highest BCUT2D eigenvalue weighted by Gasteiger charge is 2.36. The van der Waals surface area contributed by atoms with Crippen LogP contribution in [0.5, 0.6) is 0 Å². The number of benzene rings is 3. The third-order valence-corrected chi connectivity index (χ3v) is 5.70. The zero-order chi connectivity index (χ0) is 22.3. The minimum Gasteiger partial charge on any atom is -0.352 e. The van der Waals surface area contributed by atoms with Gasteiger partial charge in [-0.2, -0.15) is 13.2 Å². The number of fused-ring (bicyclic) bond motifs is 2. The van der Waals surface area contributed by atoms with Crippen molar-refractivity contribution in [2.45, 2.75) is 6.18 Å². The second-order valence-corrected chi connectivity index (χ2v) is 7.73. The zero-order valence-electron chi connectivity index (χ0n) is 17.0. The lowest BCUT2D eigenvalue weighted by atomic mass is 10.1. The molecule has 32 heavy (non-hydrogen) atoms. The fourth-order valence-electron chi connectivity index (χ4n) is 4.05. The predicted molar refractivity (Wildman–Crippen MR) is 117 cm³/mol. The van der Waals surface area contributed by atoms with Crippen molar-refractivity contribution in [3.05, 3.63) is 78.1 Å². The second-order valence-electron chi connectivity index (χ2n) is 7.73. The van der Waals surface area contributed by atoms with Crippen LogP contribution in [-0.4, -0.2) is 47.0 Å². The summed E-state index contributed by atoms with van der Waals surface area (Å²) in [5, 5.41) is 2.61. The molecule has 1 aromatic heterocycles. The number of rotatable bonds is 2. The number of carbonyl (C=O) groups is 1. The number of aromatic nitrogens is 2. The third-order valence-electron chi connectivity index (χ3n) is 5.70. The summed E-state index contributed by atoms with van der Waals surface area (Å²) in [6.45, 7) is 1.56.